The largest absolute Gasteiger partial charge is 0.481 e. The van der Waals surface area contributed by atoms with Gasteiger partial charge in [-0.1, -0.05) is 60.2 Å². The van der Waals surface area contributed by atoms with Crippen molar-refractivity contribution < 1.29 is 14.7 Å². The van der Waals surface area contributed by atoms with Crippen LogP contribution in [0.25, 0.3) is 0 Å². The second-order valence-electron chi connectivity index (χ2n) is 6.05. The minimum Gasteiger partial charge on any atom is -0.481 e. The van der Waals surface area contributed by atoms with Gasteiger partial charge in [0.25, 0.3) is 0 Å². The Morgan fingerprint density at radius 2 is 1.67 bits per heavy atom. The fourth-order valence-electron chi connectivity index (χ4n) is 2.59. The quantitative estimate of drug-likeness (QED) is 0.783. The van der Waals surface area contributed by atoms with Crippen LogP contribution in [-0.4, -0.2) is 23.0 Å². The van der Waals surface area contributed by atoms with E-state index in [4.69, 9.17) is 5.11 Å². The molecule has 0 saturated carbocycles. The van der Waals surface area contributed by atoms with Crippen LogP contribution in [0.15, 0.2) is 54.6 Å². The lowest BCUT2D eigenvalue weighted by Crippen LogP contribution is -2.37. The van der Waals surface area contributed by atoms with Crippen LogP contribution in [0.2, 0.25) is 0 Å². The van der Waals surface area contributed by atoms with Gasteiger partial charge in [0.1, 0.15) is 0 Å². The summed E-state index contributed by atoms with van der Waals surface area (Å²) in [6.07, 6.45) is 1.55. The van der Waals surface area contributed by atoms with Crippen molar-refractivity contribution in [3.8, 4) is 0 Å². The molecule has 0 spiro atoms. The highest BCUT2D eigenvalue weighted by Crippen LogP contribution is 2.09. The molecule has 0 aromatic heterocycles. The lowest BCUT2D eigenvalue weighted by molar-refractivity contribution is -0.137. The maximum absolute atomic E-state index is 12.2. The van der Waals surface area contributed by atoms with E-state index in [1.165, 1.54) is 0 Å². The van der Waals surface area contributed by atoms with Gasteiger partial charge in [0.2, 0.25) is 5.91 Å². The van der Waals surface area contributed by atoms with Crippen molar-refractivity contribution in [2.75, 3.05) is 0 Å². The van der Waals surface area contributed by atoms with E-state index in [9.17, 15) is 9.59 Å². The van der Waals surface area contributed by atoms with E-state index in [1.54, 1.807) is 0 Å². The van der Waals surface area contributed by atoms with Crippen LogP contribution in [0.4, 0.5) is 0 Å². The highest BCUT2D eigenvalue weighted by molar-refractivity contribution is 5.79. The Hall–Kier alpha value is -2.62. The zero-order valence-electron chi connectivity index (χ0n) is 13.9. The number of carboxylic acids is 1. The van der Waals surface area contributed by atoms with Gasteiger partial charge in [0.05, 0.1) is 12.8 Å². The zero-order chi connectivity index (χ0) is 17.4. The third-order valence-electron chi connectivity index (χ3n) is 3.90. The van der Waals surface area contributed by atoms with Gasteiger partial charge in [-0.15, -0.1) is 0 Å². The third kappa shape index (κ3) is 6.24. The average molecular weight is 325 g/mol. The summed E-state index contributed by atoms with van der Waals surface area (Å²) in [7, 11) is 0. The van der Waals surface area contributed by atoms with Crippen molar-refractivity contribution >= 4 is 11.9 Å². The number of nitrogens with one attached hydrogen (secondary N) is 1. The van der Waals surface area contributed by atoms with Gasteiger partial charge in [0, 0.05) is 6.04 Å². The number of rotatable bonds is 8. The standard InChI is InChI=1S/C20H23NO3/c1-15-7-9-17(10-8-15)13-19(22)21-18(14-20(23)24)12-11-16-5-3-2-4-6-16/h2-10,18H,11-14H2,1H3,(H,21,22)(H,23,24). The predicted octanol–water partition coefficient (Wildman–Crippen LogP) is 3.13. The Morgan fingerprint density at radius 1 is 1.00 bits per heavy atom. The van der Waals surface area contributed by atoms with Crippen LogP contribution >= 0.6 is 0 Å². The number of hydrogen-bond donors (Lipinski definition) is 2. The Kier molecular flexibility index (Phi) is 6.55. The molecule has 0 aliphatic carbocycles. The molecule has 0 bridgehead atoms. The minimum absolute atomic E-state index is 0.0630. The highest BCUT2D eigenvalue weighted by Gasteiger charge is 2.16. The molecular formula is C20H23NO3. The summed E-state index contributed by atoms with van der Waals surface area (Å²) < 4.78 is 0. The first-order valence-corrected chi connectivity index (χ1v) is 8.13. The third-order valence-corrected chi connectivity index (χ3v) is 3.90. The first-order chi connectivity index (χ1) is 11.5. The van der Waals surface area contributed by atoms with Gasteiger partial charge in [-0.3, -0.25) is 9.59 Å². The summed E-state index contributed by atoms with van der Waals surface area (Å²) in [6, 6.07) is 17.3. The van der Waals surface area contributed by atoms with E-state index in [0.717, 1.165) is 23.1 Å². The Balaban J connectivity index is 1.90. The second kappa shape index (κ2) is 8.87. The maximum atomic E-state index is 12.2. The van der Waals surface area contributed by atoms with Crippen LogP contribution in [0, 0.1) is 6.92 Å². The number of carboxylic acid groups (broad SMARTS) is 1. The molecule has 4 heteroatoms. The first kappa shape index (κ1) is 17.7. The molecule has 0 aliphatic heterocycles. The summed E-state index contributed by atoms with van der Waals surface area (Å²) in [5.74, 6) is -1.04. The summed E-state index contributed by atoms with van der Waals surface area (Å²) >= 11 is 0. The van der Waals surface area contributed by atoms with Gasteiger partial charge >= 0.3 is 5.97 Å². The fourth-order valence-corrected chi connectivity index (χ4v) is 2.59. The van der Waals surface area contributed by atoms with Crippen LogP contribution in [0.5, 0.6) is 0 Å². The summed E-state index contributed by atoms with van der Waals surface area (Å²) in [6.45, 7) is 2.00. The van der Waals surface area contributed by atoms with Crippen molar-refractivity contribution in [1.29, 1.82) is 0 Å². The molecule has 2 aromatic carbocycles. The van der Waals surface area contributed by atoms with E-state index in [2.05, 4.69) is 5.32 Å². The molecule has 0 aliphatic rings. The minimum atomic E-state index is -0.899. The van der Waals surface area contributed by atoms with E-state index in [0.29, 0.717) is 6.42 Å². The lowest BCUT2D eigenvalue weighted by Gasteiger charge is -2.17. The van der Waals surface area contributed by atoms with E-state index >= 15 is 0 Å². The fraction of sp³-hybridized carbons (Fsp3) is 0.300. The molecule has 2 N–H and O–H groups in total. The van der Waals surface area contributed by atoms with Crippen LogP contribution in [-0.2, 0) is 22.4 Å². The molecule has 0 radical (unpaired) electrons. The molecule has 0 saturated heterocycles. The number of carbonyl (C=O) groups is 2. The molecule has 4 nitrogen and oxygen atoms in total. The molecular weight excluding hydrogens is 302 g/mol. The van der Waals surface area contributed by atoms with Crippen LogP contribution in [0.3, 0.4) is 0 Å². The molecule has 0 heterocycles. The summed E-state index contributed by atoms with van der Waals surface area (Å²) in [5.41, 5.74) is 3.21. The monoisotopic (exact) mass is 325 g/mol. The van der Waals surface area contributed by atoms with Crippen molar-refractivity contribution in [3.05, 3.63) is 71.3 Å². The van der Waals surface area contributed by atoms with Gasteiger partial charge < -0.3 is 10.4 Å². The molecule has 2 aromatic rings. The zero-order valence-corrected chi connectivity index (χ0v) is 13.9. The Morgan fingerprint density at radius 3 is 2.29 bits per heavy atom. The van der Waals surface area contributed by atoms with Crippen molar-refractivity contribution in [2.24, 2.45) is 0 Å². The number of hydrogen-bond acceptors (Lipinski definition) is 2. The van der Waals surface area contributed by atoms with Crippen molar-refractivity contribution in [3.63, 3.8) is 0 Å². The predicted molar refractivity (Wildman–Crippen MR) is 93.8 cm³/mol. The van der Waals surface area contributed by atoms with E-state index in [1.807, 2.05) is 61.5 Å². The normalized spacial score (nSPS) is 11.7. The van der Waals surface area contributed by atoms with Gasteiger partial charge in [0.15, 0.2) is 0 Å². The summed E-state index contributed by atoms with van der Waals surface area (Å²) in [4.78, 5) is 23.2. The van der Waals surface area contributed by atoms with Gasteiger partial charge in [-0.05, 0) is 30.9 Å². The lowest BCUT2D eigenvalue weighted by atomic mass is 10.0. The van der Waals surface area contributed by atoms with Gasteiger partial charge in [-0.2, -0.15) is 0 Å². The smallest absolute Gasteiger partial charge is 0.305 e. The highest BCUT2D eigenvalue weighted by atomic mass is 16.4. The average Bonchev–Trinajstić information content (AvgIpc) is 2.55. The van der Waals surface area contributed by atoms with Crippen LogP contribution in [0.1, 0.15) is 29.5 Å². The van der Waals surface area contributed by atoms with Crippen molar-refractivity contribution in [1.82, 2.24) is 5.32 Å². The van der Waals surface area contributed by atoms with E-state index < -0.39 is 5.97 Å². The van der Waals surface area contributed by atoms with Crippen LogP contribution < -0.4 is 5.32 Å². The Labute approximate surface area is 142 Å². The molecule has 1 atom stereocenters. The second-order valence-corrected chi connectivity index (χ2v) is 6.05. The molecule has 1 unspecified atom stereocenters. The van der Waals surface area contributed by atoms with Crippen molar-refractivity contribution in [2.45, 2.75) is 38.6 Å². The number of amides is 1. The number of carbonyl (C=O) groups excluding carboxylic acids is 1. The number of aliphatic carboxylic acids is 1. The first-order valence-electron chi connectivity index (χ1n) is 8.13. The topological polar surface area (TPSA) is 66.4 Å². The number of aryl methyl sites for hydroxylation is 2. The molecule has 2 rings (SSSR count). The molecule has 24 heavy (non-hydrogen) atoms. The van der Waals surface area contributed by atoms with E-state index in [-0.39, 0.29) is 24.8 Å². The Bertz CT molecular complexity index is 665. The van der Waals surface area contributed by atoms with Gasteiger partial charge in [-0.25, -0.2) is 0 Å². The maximum Gasteiger partial charge on any atom is 0.305 e. The SMILES string of the molecule is Cc1ccc(CC(=O)NC(CCc2ccccc2)CC(=O)O)cc1. The molecule has 126 valence electrons. The molecule has 1 amide bonds. The summed E-state index contributed by atoms with van der Waals surface area (Å²) in [5, 5.41) is 11.9. The molecule has 0 fully saturated rings. The number of benzene rings is 2.